The predicted molar refractivity (Wildman–Crippen MR) is 64.5 cm³/mol. The Hall–Kier alpha value is 0. The first-order valence-corrected chi connectivity index (χ1v) is 6.86. The van der Waals surface area contributed by atoms with Gasteiger partial charge in [0, 0.05) is 0 Å². The van der Waals surface area contributed by atoms with Crippen LogP contribution in [0, 0.1) is 11.8 Å². The van der Waals surface area contributed by atoms with E-state index in [1.165, 1.54) is 64.2 Å². The fourth-order valence-electron chi connectivity index (χ4n) is 2.52. The van der Waals surface area contributed by atoms with E-state index >= 15 is 0 Å². The van der Waals surface area contributed by atoms with Gasteiger partial charge in [-0.2, -0.15) is 0 Å². The van der Waals surface area contributed by atoms with E-state index in [4.69, 9.17) is 0 Å². The predicted octanol–water partition coefficient (Wildman–Crippen LogP) is 5.17. The largest absolute Gasteiger partial charge is 0.0654 e. The van der Waals surface area contributed by atoms with Crippen molar-refractivity contribution in [2.24, 2.45) is 11.8 Å². The van der Waals surface area contributed by atoms with E-state index in [-0.39, 0.29) is 0 Å². The van der Waals surface area contributed by atoms with E-state index in [2.05, 4.69) is 13.8 Å². The summed E-state index contributed by atoms with van der Waals surface area (Å²) in [6.07, 6.45) is 14.9. The first-order chi connectivity index (χ1) is 6.86. The lowest BCUT2D eigenvalue weighted by Crippen LogP contribution is -1.89. The molecular formula is C14H28. The molecule has 0 aliphatic heterocycles. The van der Waals surface area contributed by atoms with Crippen molar-refractivity contribution in [3.63, 3.8) is 0 Å². The molecule has 0 radical (unpaired) electrons. The number of hydrogen-bond donors (Lipinski definition) is 0. The first-order valence-electron chi connectivity index (χ1n) is 6.86. The number of rotatable bonds is 4. The normalized spacial score (nSPS) is 21.9. The molecule has 14 heavy (non-hydrogen) atoms. The van der Waals surface area contributed by atoms with Crippen LogP contribution >= 0.6 is 0 Å². The molecule has 0 nitrogen and oxygen atoms in total. The van der Waals surface area contributed by atoms with E-state index in [0.717, 1.165) is 11.8 Å². The highest BCUT2D eigenvalue weighted by Gasteiger charge is 2.18. The summed E-state index contributed by atoms with van der Waals surface area (Å²) >= 11 is 0. The van der Waals surface area contributed by atoms with Crippen LogP contribution in [0.3, 0.4) is 0 Å². The molecule has 0 aromatic carbocycles. The summed E-state index contributed by atoms with van der Waals surface area (Å²) in [7, 11) is 0. The van der Waals surface area contributed by atoms with Gasteiger partial charge in [0.1, 0.15) is 0 Å². The fraction of sp³-hybridized carbons (Fsp3) is 1.00. The van der Waals surface area contributed by atoms with Crippen LogP contribution in [0.1, 0.15) is 78.1 Å². The zero-order chi connectivity index (χ0) is 10.2. The van der Waals surface area contributed by atoms with E-state index in [9.17, 15) is 0 Å². The van der Waals surface area contributed by atoms with Gasteiger partial charge in [0.05, 0.1) is 0 Å². The monoisotopic (exact) mass is 196 g/mol. The zero-order valence-electron chi connectivity index (χ0n) is 10.2. The van der Waals surface area contributed by atoms with Gasteiger partial charge in [-0.25, -0.2) is 0 Å². The molecule has 0 amide bonds. The molecule has 0 aromatic heterocycles. The lowest BCUT2D eigenvalue weighted by atomic mass is 10.0. The van der Waals surface area contributed by atoms with Gasteiger partial charge in [-0.3, -0.25) is 0 Å². The summed E-state index contributed by atoms with van der Waals surface area (Å²) in [5.41, 5.74) is 0. The third kappa shape index (κ3) is 5.67. The van der Waals surface area contributed by atoms with Gasteiger partial charge in [-0.05, 0) is 11.8 Å². The minimum absolute atomic E-state index is 1.11. The van der Waals surface area contributed by atoms with Gasteiger partial charge in [0.15, 0.2) is 0 Å². The Morgan fingerprint density at radius 2 is 1.14 bits per heavy atom. The van der Waals surface area contributed by atoms with Gasteiger partial charge in [0.2, 0.25) is 0 Å². The van der Waals surface area contributed by atoms with Crippen LogP contribution in [-0.4, -0.2) is 0 Å². The highest BCUT2D eigenvalue weighted by Crippen LogP contribution is 2.33. The Morgan fingerprint density at radius 1 is 0.714 bits per heavy atom. The van der Waals surface area contributed by atoms with Gasteiger partial charge >= 0.3 is 0 Å². The molecule has 0 bridgehead atoms. The fourth-order valence-corrected chi connectivity index (χ4v) is 2.52. The minimum Gasteiger partial charge on any atom is -0.0654 e. The van der Waals surface area contributed by atoms with E-state index in [1.807, 2.05) is 0 Å². The van der Waals surface area contributed by atoms with Crippen molar-refractivity contribution in [1.29, 1.82) is 0 Å². The summed E-state index contributed by atoms with van der Waals surface area (Å²) in [6, 6.07) is 0. The van der Waals surface area contributed by atoms with E-state index < -0.39 is 0 Å². The average Bonchev–Trinajstić information content (AvgIpc) is 2.84. The van der Waals surface area contributed by atoms with Gasteiger partial charge in [0.25, 0.3) is 0 Å². The van der Waals surface area contributed by atoms with Crippen molar-refractivity contribution in [2.75, 3.05) is 0 Å². The molecular weight excluding hydrogens is 168 g/mol. The molecule has 0 heterocycles. The maximum absolute atomic E-state index is 2.29. The molecule has 2 rings (SSSR count). The second kappa shape index (κ2) is 7.31. The smallest absolute Gasteiger partial charge is 0.0414 e. The van der Waals surface area contributed by atoms with Gasteiger partial charge < -0.3 is 0 Å². The van der Waals surface area contributed by atoms with Crippen molar-refractivity contribution >= 4 is 0 Å². The molecule has 0 unspecified atom stereocenters. The maximum atomic E-state index is 2.29. The molecule has 2 fully saturated rings. The Morgan fingerprint density at radius 3 is 1.43 bits per heavy atom. The third-order valence-electron chi connectivity index (χ3n) is 3.57. The molecule has 0 spiro atoms. The second-order valence-electron chi connectivity index (χ2n) is 5.17. The van der Waals surface area contributed by atoms with Crippen LogP contribution in [0.25, 0.3) is 0 Å². The van der Waals surface area contributed by atoms with Crippen molar-refractivity contribution in [1.82, 2.24) is 0 Å². The van der Waals surface area contributed by atoms with Crippen LogP contribution in [0.5, 0.6) is 0 Å². The van der Waals surface area contributed by atoms with Crippen molar-refractivity contribution < 1.29 is 0 Å². The van der Waals surface area contributed by atoms with Crippen molar-refractivity contribution in [3.8, 4) is 0 Å². The number of hydrogen-bond acceptors (Lipinski definition) is 0. The third-order valence-corrected chi connectivity index (χ3v) is 3.57. The van der Waals surface area contributed by atoms with Gasteiger partial charge in [-0.15, -0.1) is 0 Å². The summed E-state index contributed by atoms with van der Waals surface area (Å²) in [5.74, 6) is 2.26. The topological polar surface area (TPSA) is 0 Å². The first kappa shape index (κ1) is 12.1. The molecule has 2 saturated carbocycles. The summed E-state index contributed by atoms with van der Waals surface area (Å²) in [4.78, 5) is 0. The van der Waals surface area contributed by atoms with Crippen molar-refractivity contribution in [3.05, 3.63) is 0 Å². The van der Waals surface area contributed by atoms with Gasteiger partial charge in [-0.1, -0.05) is 78.1 Å². The Labute approximate surface area is 90.5 Å². The van der Waals surface area contributed by atoms with Crippen LogP contribution in [0.2, 0.25) is 0 Å². The van der Waals surface area contributed by atoms with Crippen LogP contribution in [0.15, 0.2) is 0 Å². The molecule has 2 aliphatic carbocycles. The van der Waals surface area contributed by atoms with Crippen LogP contribution in [0.4, 0.5) is 0 Å². The van der Waals surface area contributed by atoms with Crippen LogP contribution in [-0.2, 0) is 0 Å². The van der Waals surface area contributed by atoms with E-state index in [1.54, 1.807) is 0 Å². The Balaban J connectivity index is 0.000000146. The Kier molecular flexibility index (Phi) is 6.31. The molecule has 84 valence electrons. The highest BCUT2D eigenvalue weighted by atomic mass is 14.2. The zero-order valence-corrected chi connectivity index (χ0v) is 10.2. The molecule has 0 N–H and O–H groups in total. The molecule has 0 heteroatoms. The van der Waals surface area contributed by atoms with E-state index in [0.29, 0.717) is 0 Å². The van der Waals surface area contributed by atoms with Crippen LogP contribution < -0.4 is 0 Å². The summed E-state index contributed by atoms with van der Waals surface area (Å²) in [5, 5.41) is 0. The second-order valence-corrected chi connectivity index (χ2v) is 5.17. The Bertz CT molecular complexity index is 118. The lowest BCUT2D eigenvalue weighted by Gasteiger charge is -2.03. The molecule has 0 saturated heterocycles. The summed E-state index contributed by atoms with van der Waals surface area (Å²) in [6.45, 7) is 4.55. The molecule has 0 atom stereocenters. The SMILES string of the molecule is CCCC1CC1.CCCC1CCCC1. The quantitative estimate of drug-likeness (QED) is 0.581. The molecule has 0 aromatic rings. The average molecular weight is 196 g/mol. The standard InChI is InChI=1S/C8H16.C6H12/c1-2-5-8-6-3-4-7-8;1-2-3-6-4-5-6/h8H,2-7H2,1H3;6H,2-5H2,1H3. The van der Waals surface area contributed by atoms with Crippen molar-refractivity contribution in [2.45, 2.75) is 78.1 Å². The highest BCUT2D eigenvalue weighted by molar-refractivity contribution is 4.71. The maximum Gasteiger partial charge on any atom is -0.0414 e. The molecule has 2 aliphatic rings. The lowest BCUT2D eigenvalue weighted by molar-refractivity contribution is 0.496. The summed E-state index contributed by atoms with van der Waals surface area (Å²) < 4.78 is 0. The minimum atomic E-state index is 1.11.